The molecule has 0 amide bonds. The van der Waals surface area contributed by atoms with Gasteiger partial charge in [-0.2, -0.15) is 0 Å². The Bertz CT molecular complexity index is 1520. The zero-order chi connectivity index (χ0) is 22.9. The molecule has 1 aromatic heterocycles. The van der Waals surface area contributed by atoms with Gasteiger partial charge < -0.3 is 4.42 Å². The Morgan fingerprint density at radius 3 is 2.09 bits per heavy atom. The fourth-order valence-corrected chi connectivity index (χ4v) is 4.73. The van der Waals surface area contributed by atoms with Crippen LogP contribution < -0.4 is 5.43 Å². The summed E-state index contributed by atoms with van der Waals surface area (Å²) in [6.45, 7) is 0. The summed E-state index contributed by atoms with van der Waals surface area (Å²) in [4.78, 5) is 25.5. The molecule has 0 radical (unpaired) electrons. The van der Waals surface area contributed by atoms with Crippen LogP contribution in [0.5, 0.6) is 0 Å². The second-order valence-corrected chi connectivity index (χ2v) is 9.61. The number of fused-ring (bicyclic) bond motifs is 1. The molecule has 0 aliphatic heterocycles. The normalized spacial score (nSPS) is 12.1. The zero-order valence-electron chi connectivity index (χ0n) is 16.3. The van der Waals surface area contributed by atoms with Crippen LogP contribution in [0.4, 0.5) is 0 Å². The summed E-state index contributed by atoms with van der Waals surface area (Å²) < 4.78 is 32.3. The minimum atomic E-state index is -4.30. The van der Waals surface area contributed by atoms with E-state index in [-0.39, 0.29) is 21.4 Å². The molecule has 4 aromatic rings. The van der Waals surface area contributed by atoms with Crippen molar-refractivity contribution in [1.29, 1.82) is 0 Å². The van der Waals surface area contributed by atoms with E-state index in [1.807, 2.05) is 0 Å². The average molecular weight is 485 g/mol. The van der Waals surface area contributed by atoms with E-state index in [0.29, 0.717) is 15.6 Å². The number of para-hydroxylation sites is 1. The molecule has 3 aromatic carbocycles. The summed E-state index contributed by atoms with van der Waals surface area (Å²) in [6.07, 6.45) is 2.18. The molecule has 0 N–H and O–H groups in total. The van der Waals surface area contributed by atoms with E-state index in [1.54, 1.807) is 24.3 Å². The number of hydrogen-bond donors (Lipinski definition) is 0. The Morgan fingerprint density at radius 1 is 0.844 bits per heavy atom. The number of allylic oxidation sites excluding steroid dienone is 1. The minimum Gasteiger partial charge on any atom is -0.463 e. The molecule has 8 heteroatoms. The van der Waals surface area contributed by atoms with Crippen LogP contribution in [0, 0.1) is 0 Å². The first-order valence-corrected chi connectivity index (χ1v) is 11.5. The van der Waals surface area contributed by atoms with Gasteiger partial charge in [0.2, 0.25) is 15.6 Å². The van der Waals surface area contributed by atoms with E-state index in [4.69, 9.17) is 27.6 Å². The van der Waals surface area contributed by atoms with Crippen LogP contribution in [0.15, 0.2) is 98.1 Å². The minimum absolute atomic E-state index is 0.0708. The maximum absolute atomic E-state index is 13.4. The van der Waals surface area contributed by atoms with Gasteiger partial charge in [-0.15, -0.1) is 0 Å². The van der Waals surface area contributed by atoms with E-state index in [1.165, 1.54) is 48.5 Å². The summed E-state index contributed by atoms with van der Waals surface area (Å²) in [5.74, 6) is -0.788. The van der Waals surface area contributed by atoms with Crippen LogP contribution in [0.3, 0.4) is 0 Å². The molecule has 0 bridgehead atoms. The molecule has 0 aliphatic carbocycles. The van der Waals surface area contributed by atoms with Crippen molar-refractivity contribution in [3.05, 3.63) is 115 Å². The molecule has 4 rings (SSSR count). The second kappa shape index (κ2) is 8.74. The largest absolute Gasteiger partial charge is 0.463 e. The molecular weight excluding hydrogens is 471 g/mol. The van der Waals surface area contributed by atoms with Crippen molar-refractivity contribution in [3.63, 3.8) is 0 Å². The van der Waals surface area contributed by atoms with Crippen LogP contribution in [0.25, 0.3) is 17.0 Å². The smallest absolute Gasteiger partial charge is 0.210 e. The van der Waals surface area contributed by atoms with Crippen LogP contribution in [-0.2, 0) is 9.84 Å². The predicted octanol–water partition coefficient (Wildman–Crippen LogP) is 5.80. The highest BCUT2D eigenvalue weighted by molar-refractivity contribution is 7.96. The molecule has 0 saturated carbocycles. The van der Waals surface area contributed by atoms with Gasteiger partial charge in [-0.05, 0) is 66.7 Å². The van der Waals surface area contributed by atoms with Crippen molar-refractivity contribution in [2.75, 3.05) is 0 Å². The molecule has 0 spiro atoms. The lowest BCUT2D eigenvalue weighted by molar-refractivity contribution is 0.104. The van der Waals surface area contributed by atoms with Gasteiger partial charge in [0, 0.05) is 15.6 Å². The fourth-order valence-electron chi connectivity index (χ4n) is 3.08. The third-order valence-corrected chi connectivity index (χ3v) is 7.02. The third-order valence-electron chi connectivity index (χ3n) is 4.74. The number of rotatable bonds is 5. The zero-order valence-corrected chi connectivity index (χ0v) is 18.6. The predicted molar refractivity (Wildman–Crippen MR) is 125 cm³/mol. The van der Waals surface area contributed by atoms with Gasteiger partial charge in [-0.3, -0.25) is 9.59 Å². The lowest BCUT2D eigenvalue weighted by Gasteiger charge is -2.10. The molecule has 160 valence electrons. The number of halogens is 2. The van der Waals surface area contributed by atoms with Crippen LogP contribution in [0.1, 0.15) is 15.9 Å². The van der Waals surface area contributed by atoms with E-state index in [2.05, 4.69) is 0 Å². The number of carbonyl (C=O) groups excluding carboxylic acids is 1. The molecule has 0 atom stereocenters. The van der Waals surface area contributed by atoms with Gasteiger partial charge in [0.05, 0.1) is 15.8 Å². The Labute approximate surface area is 193 Å². The number of Topliss-reactive ketones (excluding diaryl/α,β-unsaturated/α-hetero) is 1. The number of ketones is 1. The van der Waals surface area contributed by atoms with Crippen LogP contribution in [-0.4, -0.2) is 14.2 Å². The molecule has 0 fully saturated rings. The number of sulfone groups is 1. The molecule has 0 aliphatic rings. The first kappa shape index (κ1) is 22.0. The quantitative estimate of drug-likeness (QED) is 0.264. The monoisotopic (exact) mass is 484 g/mol. The fraction of sp³-hybridized carbons (Fsp3) is 0. The average Bonchev–Trinajstić information content (AvgIpc) is 2.79. The SMILES string of the molecule is O=C(/C(=C/c1coc2ccccc2c1=O)S(=O)(=O)c1ccc(Cl)cc1)c1ccc(Cl)cc1. The van der Waals surface area contributed by atoms with Gasteiger partial charge in [0.1, 0.15) is 16.8 Å². The Morgan fingerprint density at radius 2 is 1.44 bits per heavy atom. The Balaban J connectivity index is 1.94. The molecule has 0 unspecified atom stereocenters. The summed E-state index contributed by atoms with van der Waals surface area (Å²) in [6, 6.07) is 17.7. The van der Waals surface area contributed by atoms with Crippen molar-refractivity contribution in [2.45, 2.75) is 4.90 Å². The van der Waals surface area contributed by atoms with E-state index in [9.17, 15) is 18.0 Å². The summed E-state index contributed by atoms with van der Waals surface area (Å²) >= 11 is 11.8. The van der Waals surface area contributed by atoms with Crippen molar-refractivity contribution < 1.29 is 17.6 Å². The highest BCUT2D eigenvalue weighted by atomic mass is 35.5. The van der Waals surface area contributed by atoms with Gasteiger partial charge in [0.25, 0.3) is 0 Å². The van der Waals surface area contributed by atoms with Gasteiger partial charge in [0.15, 0.2) is 5.43 Å². The van der Waals surface area contributed by atoms with Crippen LogP contribution in [0.2, 0.25) is 10.0 Å². The van der Waals surface area contributed by atoms with Crippen molar-refractivity contribution >= 4 is 55.9 Å². The number of hydrogen-bond acceptors (Lipinski definition) is 5. The second-order valence-electron chi connectivity index (χ2n) is 6.82. The summed E-state index contributed by atoms with van der Waals surface area (Å²) in [7, 11) is -4.30. The molecular formula is C24H14Cl2O5S. The standard InChI is InChI=1S/C24H14Cl2O5S/c25-17-7-5-15(6-8-17)24(28)22(32(29,30)19-11-9-18(26)10-12-19)13-16-14-31-21-4-2-1-3-20(21)23(16)27/h1-14H/b22-13-. The Kier molecular flexibility index (Phi) is 6.02. The topological polar surface area (TPSA) is 81.4 Å². The lowest BCUT2D eigenvalue weighted by atomic mass is 10.1. The van der Waals surface area contributed by atoms with Crippen LogP contribution >= 0.6 is 23.2 Å². The Hall–Kier alpha value is -3.19. The van der Waals surface area contributed by atoms with E-state index in [0.717, 1.165) is 12.3 Å². The summed E-state index contributed by atoms with van der Waals surface area (Å²) in [5.41, 5.74) is -0.0812. The third kappa shape index (κ3) is 4.25. The number of benzene rings is 3. The van der Waals surface area contributed by atoms with Crippen molar-refractivity contribution in [1.82, 2.24) is 0 Å². The molecule has 1 heterocycles. The first-order chi connectivity index (χ1) is 15.3. The highest BCUT2D eigenvalue weighted by Crippen LogP contribution is 2.27. The molecule has 5 nitrogen and oxygen atoms in total. The van der Waals surface area contributed by atoms with Gasteiger partial charge in [-0.25, -0.2) is 8.42 Å². The summed E-state index contributed by atoms with van der Waals surface area (Å²) in [5, 5.41) is 1.000. The van der Waals surface area contributed by atoms with E-state index >= 15 is 0 Å². The highest BCUT2D eigenvalue weighted by Gasteiger charge is 2.28. The van der Waals surface area contributed by atoms with Crippen molar-refractivity contribution in [3.8, 4) is 0 Å². The van der Waals surface area contributed by atoms with Gasteiger partial charge >= 0.3 is 0 Å². The maximum Gasteiger partial charge on any atom is 0.210 e. The molecule has 32 heavy (non-hydrogen) atoms. The number of carbonyl (C=O) groups is 1. The first-order valence-electron chi connectivity index (χ1n) is 9.30. The van der Waals surface area contributed by atoms with E-state index < -0.39 is 26.0 Å². The lowest BCUT2D eigenvalue weighted by Crippen LogP contribution is -2.16. The van der Waals surface area contributed by atoms with Crippen molar-refractivity contribution in [2.24, 2.45) is 0 Å². The van der Waals surface area contributed by atoms with Gasteiger partial charge in [-0.1, -0.05) is 35.3 Å². The molecule has 0 saturated heterocycles. The maximum atomic E-state index is 13.4.